The predicted octanol–water partition coefficient (Wildman–Crippen LogP) is 4.09. The maximum Gasteiger partial charge on any atom is 0.0716 e. The predicted molar refractivity (Wildman–Crippen MR) is 81.8 cm³/mol. The molecule has 0 saturated carbocycles. The summed E-state index contributed by atoms with van der Waals surface area (Å²) in [7, 11) is 0. The van der Waals surface area contributed by atoms with Gasteiger partial charge in [0, 0.05) is 29.4 Å². The second-order valence-corrected chi connectivity index (χ2v) is 6.22. The molecule has 1 unspecified atom stereocenters. The lowest BCUT2D eigenvalue weighted by Crippen LogP contribution is -2.25. The summed E-state index contributed by atoms with van der Waals surface area (Å²) in [6, 6.07) is 5.90. The van der Waals surface area contributed by atoms with E-state index in [-0.39, 0.29) is 6.61 Å². The maximum atomic E-state index is 9.53. The molecule has 1 aliphatic heterocycles. The van der Waals surface area contributed by atoms with Gasteiger partial charge in [-0.1, -0.05) is 31.5 Å². The number of rotatable bonds is 3. The molecule has 2 nitrogen and oxygen atoms in total. The molecule has 1 atom stereocenters. The Hall–Kier alpha value is -0.730. The highest BCUT2D eigenvalue weighted by atomic mass is 35.5. The van der Waals surface area contributed by atoms with Crippen LogP contribution in [0.1, 0.15) is 38.7 Å². The Labute approximate surface area is 121 Å². The number of hydrogen-bond donors (Lipinski definition) is 1. The fourth-order valence-electron chi connectivity index (χ4n) is 3.03. The first-order valence-corrected chi connectivity index (χ1v) is 7.64. The second-order valence-electron chi connectivity index (χ2n) is 5.82. The van der Waals surface area contributed by atoms with E-state index in [0.29, 0.717) is 5.02 Å². The van der Waals surface area contributed by atoms with Crippen molar-refractivity contribution in [2.24, 2.45) is 11.8 Å². The van der Waals surface area contributed by atoms with Crippen molar-refractivity contribution in [1.82, 2.24) is 0 Å². The molecule has 1 aromatic rings. The molecule has 0 amide bonds. The summed E-state index contributed by atoms with van der Waals surface area (Å²) in [5, 5.41) is 10.2. The molecule has 1 fully saturated rings. The van der Waals surface area contributed by atoms with Gasteiger partial charge in [0.25, 0.3) is 0 Å². The van der Waals surface area contributed by atoms with E-state index in [1.165, 1.54) is 19.3 Å². The van der Waals surface area contributed by atoms with Crippen LogP contribution in [0.2, 0.25) is 5.02 Å². The third kappa shape index (κ3) is 3.43. The highest BCUT2D eigenvalue weighted by Gasteiger charge is 2.21. The molecular formula is C16H24ClNO. The van der Waals surface area contributed by atoms with Gasteiger partial charge in [-0.05, 0) is 43.2 Å². The largest absolute Gasteiger partial charge is 0.392 e. The van der Waals surface area contributed by atoms with E-state index < -0.39 is 0 Å². The summed E-state index contributed by atoms with van der Waals surface area (Å²) in [6.45, 7) is 6.78. The standard InChI is InChI=1S/C16H24ClNO/c1-12(2)13-5-4-9-18(10-8-13)16-7-3-6-15(17)14(16)11-19/h3,6-7,12-13,19H,4-5,8-11H2,1-2H3. The van der Waals surface area contributed by atoms with E-state index in [9.17, 15) is 5.11 Å². The molecule has 2 rings (SSSR count). The molecule has 1 heterocycles. The Morgan fingerprint density at radius 3 is 2.79 bits per heavy atom. The first-order valence-electron chi connectivity index (χ1n) is 7.26. The lowest BCUT2D eigenvalue weighted by molar-refractivity contribution is 0.282. The molecule has 1 aromatic carbocycles. The van der Waals surface area contributed by atoms with Gasteiger partial charge in [0.2, 0.25) is 0 Å². The van der Waals surface area contributed by atoms with E-state index in [4.69, 9.17) is 11.6 Å². The molecule has 0 bridgehead atoms. The molecule has 1 saturated heterocycles. The van der Waals surface area contributed by atoms with Crippen LogP contribution in [-0.2, 0) is 6.61 Å². The minimum absolute atomic E-state index is 0.0130. The summed E-state index contributed by atoms with van der Waals surface area (Å²) >= 11 is 6.18. The van der Waals surface area contributed by atoms with Gasteiger partial charge >= 0.3 is 0 Å². The highest BCUT2D eigenvalue weighted by molar-refractivity contribution is 6.31. The minimum atomic E-state index is 0.0130. The first kappa shape index (κ1) is 14.7. The summed E-state index contributed by atoms with van der Waals surface area (Å²) in [6.07, 6.45) is 3.76. The zero-order chi connectivity index (χ0) is 13.8. The zero-order valence-electron chi connectivity index (χ0n) is 11.9. The van der Waals surface area contributed by atoms with Crippen LogP contribution >= 0.6 is 11.6 Å². The number of nitrogens with zero attached hydrogens (tertiary/aromatic N) is 1. The average Bonchev–Trinajstić information content (AvgIpc) is 2.64. The fourth-order valence-corrected chi connectivity index (χ4v) is 3.26. The molecule has 0 aliphatic carbocycles. The smallest absolute Gasteiger partial charge is 0.0716 e. The Kier molecular flexibility index (Phi) is 5.12. The Morgan fingerprint density at radius 2 is 2.11 bits per heavy atom. The number of aliphatic hydroxyl groups is 1. The van der Waals surface area contributed by atoms with Crippen LogP contribution in [0.25, 0.3) is 0 Å². The van der Waals surface area contributed by atoms with Gasteiger partial charge in [-0.25, -0.2) is 0 Å². The van der Waals surface area contributed by atoms with Gasteiger partial charge in [0.05, 0.1) is 6.61 Å². The van der Waals surface area contributed by atoms with E-state index in [0.717, 1.165) is 36.2 Å². The van der Waals surface area contributed by atoms with Gasteiger partial charge in [0.15, 0.2) is 0 Å². The zero-order valence-corrected chi connectivity index (χ0v) is 12.7. The van der Waals surface area contributed by atoms with Gasteiger partial charge < -0.3 is 10.0 Å². The van der Waals surface area contributed by atoms with Gasteiger partial charge in [-0.2, -0.15) is 0 Å². The second kappa shape index (κ2) is 6.62. The minimum Gasteiger partial charge on any atom is -0.392 e. The summed E-state index contributed by atoms with van der Waals surface area (Å²) in [4.78, 5) is 2.39. The fraction of sp³-hybridized carbons (Fsp3) is 0.625. The molecule has 106 valence electrons. The van der Waals surface area contributed by atoms with Crippen LogP contribution in [-0.4, -0.2) is 18.2 Å². The van der Waals surface area contributed by atoms with Crippen LogP contribution in [0.4, 0.5) is 5.69 Å². The van der Waals surface area contributed by atoms with Crippen LogP contribution in [0.15, 0.2) is 18.2 Å². The first-order chi connectivity index (χ1) is 9.13. The third-order valence-electron chi connectivity index (χ3n) is 4.31. The monoisotopic (exact) mass is 281 g/mol. The number of aliphatic hydroxyl groups excluding tert-OH is 1. The van der Waals surface area contributed by atoms with Gasteiger partial charge in [0.1, 0.15) is 0 Å². The molecule has 0 aromatic heterocycles. The molecule has 0 spiro atoms. The van der Waals surface area contributed by atoms with Crippen molar-refractivity contribution in [3.8, 4) is 0 Å². The van der Waals surface area contributed by atoms with E-state index in [1.54, 1.807) is 0 Å². The molecule has 1 aliphatic rings. The van der Waals surface area contributed by atoms with Crippen molar-refractivity contribution in [3.63, 3.8) is 0 Å². The van der Waals surface area contributed by atoms with Crippen LogP contribution in [0.3, 0.4) is 0 Å². The van der Waals surface area contributed by atoms with Crippen molar-refractivity contribution >= 4 is 17.3 Å². The topological polar surface area (TPSA) is 23.5 Å². The molecule has 1 N–H and O–H groups in total. The normalized spacial score (nSPS) is 20.7. The van der Waals surface area contributed by atoms with Crippen molar-refractivity contribution in [1.29, 1.82) is 0 Å². The Balaban J connectivity index is 2.16. The van der Waals surface area contributed by atoms with Crippen molar-refractivity contribution in [3.05, 3.63) is 28.8 Å². The average molecular weight is 282 g/mol. The van der Waals surface area contributed by atoms with Gasteiger partial charge in [-0.3, -0.25) is 0 Å². The van der Waals surface area contributed by atoms with Crippen molar-refractivity contribution in [2.45, 2.75) is 39.7 Å². The number of benzene rings is 1. The summed E-state index contributed by atoms with van der Waals surface area (Å²) < 4.78 is 0. The summed E-state index contributed by atoms with van der Waals surface area (Å²) in [5.74, 6) is 1.58. The van der Waals surface area contributed by atoms with Crippen LogP contribution in [0, 0.1) is 11.8 Å². The quantitative estimate of drug-likeness (QED) is 0.902. The Morgan fingerprint density at radius 1 is 1.32 bits per heavy atom. The van der Waals surface area contributed by atoms with Gasteiger partial charge in [-0.15, -0.1) is 0 Å². The molecule has 3 heteroatoms. The molecule has 19 heavy (non-hydrogen) atoms. The van der Waals surface area contributed by atoms with Crippen molar-refractivity contribution < 1.29 is 5.11 Å². The lowest BCUT2D eigenvalue weighted by Gasteiger charge is -2.26. The third-order valence-corrected chi connectivity index (χ3v) is 4.66. The van der Waals surface area contributed by atoms with E-state index in [1.807, 2.05) is 12.1 Å². The number of anilines is 1. The SMILES string of the molecule is CC(C)C1CCCN(c2cccc(Cl)c2CO)CC1. The maximum absolute atomic E-state index is 9.53. The molecule has 0 radical (unpaired) electrons. The molecular weight excluding hydrogens is 258 g/mol. The number of hydrogen-bond acceptors (Lipinski definition) is 2. The Bertz CT molecular complexity index is 419. The lowest BCUT2D eigenvalue weighted by atomic mass is 9.89. The van der Waals surface area contributed by atoms with Crippen LogP contribution in [0.5, 0.6) is 0 Å². The van der Waals surface area contributed by atoms with E-state index >= 15 is 0 Å². The number of halogens is 1. The van der Waals surface area contributed by atoms with Crippen molar-refractivity contribution in [2.75, 3.05) is 18.0 Å². The summed E-state index contributed by atoms with van der Waals surface area (Å²) in [5.41, 5.74) is 1.98. The van der Waals surface area contributed by atoms with E-state index in [2.05, 4.69) is 24.8 Å². The highest BCUT2D eigenvalue weighted by Crippen LogP contribution is 2.31. The van der Waals surface area contributed by atoms with Crippen LogP contribution < -0.4 is 4.90 Å².